The molecule has 0 aliphatic rings. The highest BCUT2D eigenvalue weighted by Gasteiger charge is 2.14. The smallest absolute Gasteiger partial charge is 0.230 e. The molecule has 0 aliphatic heterocycles. The predicted molar refractivity (Wildman–Crippen MR) is 90.9 cm³/mol. The van der Waals surface area contributed by atoms with Crippen LogP contribution in [-0.4, -0.2) is 15.9 Å². The van der Waals surface area contributed by atoms with Gasteiger partial charge in [0.1, 0.15) is 5.76 Å². The van der Waals surface area contributed by atoms with E-state index in [2.05, 4.69) is 31.2 Å². The summed E-state index contributed by atoms with van der Waals surface area (Å²) in [6.45, 7) is 1.80. The van der Waals surface area contributed by atoms with Gasteiger partial charge in [-0.3, -0.25) is 9.78 Å². The maximum absolute atomic E-state index is 12.1. The van der Waals surface area contributed by atoms with Crippen LogP contribution in [0.25, 0.3) is 11.5 Å². The van der Waals surface area contributed by atoms with Crippen molar-refractivity contribution in [2.75, 3.05) is 5.32 Å². The third-order valence-corrected chi connectivity index (χ3v) is 3.79. The summed E-state index contributed by atoms with van der Waals surface area (Å²) in [5.74, 6) is 0.971. The summed E-state index contributed by atoms with van der Waals surface area (Å²) in [5, 5.41) is 2.84. The lowest BCUT2D eigenvalue weighted by atomic mass is 10.2. The van der Waals surface area contributed by atoms with E-state index in [4.69, 9.17) is 4.42 Å². The number of oxazole rings is 1. The van der Waals surface area contributed by atoms with Crippen molar-refractivity contribution >= 4 is 27.5 Å². The Morgan fingerprint density at radius 2 is 2.04 bits per heavy atom. The second-order valence-electron chi connectivity index (χ2n) is 5.00. The minimum atomic E-state index is -0.138. The second-order valence-corrected chi connectivity index (χ2v) is 5.91. The maximum atomic E-state index is 12.1. The fourth-order valence-corrected chi connectivity index (χ4v) is 2.36. The molecule has 0 spiro atoms. The van der Waals surface area contributed by atoms with Gasteiger partial charge in [-0.25, -0.2) is 4.98 Å². The van der Waals surface area contributed by atoms with Crippen LogP contribution in [0, 0.1) is 6.92 Å². The van der Waals surface area contributed by atoms with Crippen LogP contribution in [0.1, 0.15) is 11.5 Å². The third-order valence-electron chi connectivity index (χ3n) is 3.26. The van der Waals surface area contributed by atoms with Crippen LogP contribution in [0.4, 0.5) is 5.69 Å². The zero-order valence-corrected chi connectivity index (χ0v) is 14.0. The van der Waals surface area contributed by atoms with E-state index in [1.807, 2.05) is 36.4 Å². The highest BCUT2D eigenvalue weighted by Crippen LogP contribution is 2.21. The molecule has 6 heteroatoms. The highest BCUT2D eigenvalue weighted by molar-refractivity contribution is 9.10. The summed E-state index contributed by atoms with van der Waals surface area (Å²) in [5.41, 5.74) is 2.15. The topological polar surface area (TPSA) is 68.0 Å². The van der Waals surface area contributed by atoms with Crippen molar-refractivity contribution in [3.63, 3.8) is 0 Å². The average molecular weight is 372 g/mol. The first-order valence-corrected chi connectivity index (χ1v) is 7.83. The minimum Gasteiger partial charge on any atom is -0.441 e. The Bertz CT molecular complexity index is 814. The number of anilines is 1. The summed E-state index contributed by atoms with van der Waals surface area (Å²) in [6.07, 6.45) is 3.52. The Morgan fingerprint density at radius 3 is 2.74 bits per heavy atom. The van der Waals surface area contributed by atoms with Crippen molar-refractivity contribution in [3.05, 3.63) is 64.7 Å². The molecule has 116 valence electrons. The standard InChI is InChI=1S/C17H14BrN3O2/c1-11-15(21-17(23-11)12-3-2-8-19-10-12)9-16(22)20-14-6-4-13(18)5-7-14/h2-8,10H,9H2,1H3,(H,20,22). The number of carbonyl (C=O) groups excluding carboxylic acids is 1. The summed E-state index contributed by atoms with van der Waals surface area (Å²) in [6, 6.07) is 11.1. The van der Waals surface area contributed by atoms with Crippen molar-refractivity contribution in [2.24, 2.45) is 0 Å². The fourth-order valence-electron chi connectivity index (χ4n) is 2.10. The minimum absolute atomic E-state index is 0.138. The van der Waals surface area contributed by atoms with E-state index in [9.17, 15) is 4.79 Å². The zero-order valence-electron chi connectivity index (χ0n) is 12.4. The van der Waals surface area contributed by atoms with Crippen LogP contribution in [0.2, 0.25) is 0 Å². The fraction of sp³-hybridized carbons (Fsp3) is 0.118. The molecule has 3 rings (SSSR count). The highest BCUT2D eigenvalue weighted by atomic mass is 79.9. The lowest BCUT2D eigenvalue weighted by Crippen LogP contribution is -2.15. The zero-order chi connectivity index (χ0) is 16.2. The van der Waals surface area contributed by atoms with Gasteiger partial charge in [0.25, 0.3) is 0 Å². The number of nitrogens with one attached hydrogen (secondary N) is 1. The Kier molecular flexibility index (Phi) is 4.52. The number of halogens is 1. The summed E-state index contributed by atoms with van der Waals surface area (Å²) in [4.78, 5) is 20.6. The number of aromatic nitrogens is 2. The van der Waals surface area contributed by atoms with Crippen molar-refractivity contribution in [2.45, 2.75) is 13.3 Å². The molecular weight excluding hydrogens is 358 g/mol. The second kappa shape index (κ2) is 6.75. The van der Waals surface area contributed by atoms with Gasteiger partial charge in [-0.2, -0.15) is 0 Å². The molecule has 0 fully saturated rings. The largest absolute Gasteiger partial charge is 0.441 e. The normalized spacial score (nSPS) is 10.5. The summed E-state index contributed by atoms with van der Waals surface area (Å²) < 4.78 is 6.59. The molecule has 23 heavy (non-hydrogen) atoms. The van der Waals surface area contributed by atoms with E-state index in [0.717, 1.165) is 15.7 Å². The Labute approximate surface area is 141 Å². The van der Waals surface area contributed by atoms with E-state index in [-0.39, 0.29) is 12.3 Å². The van der Waals surface area contributed by atoms with Gasteiger partial charge in [0, 0.05) is 22.6 Å². The molecule has 0 unspecified atom stereocenters. The molecule has 1 aromatic carbocycles. The molecule has 1 N–H and O–H groups in total. The van der Waals surface area contributed by atoms with Gasteiger partial charge in [0.05, 0.1) is 17.7 Å². The number of hydrogen-bond donors (Lipinski definition) is 1. The van der Waals surface area contributed by atoms with Gasteiger partial charge in [0.2, 0.25) is 11.8 Å². The molecule has 0 bridgehead atoms. The molecule has 2 aromatic heterocycles. The summed E-state index contributed by atoms with van der Waals surface area (Å²) in [7, 11) is 0. The van der Waals surface area contributed by atoms with Gasteiger partial charge >= 0.3 is 0 Å². The van der Waals surface area contributed by atoms with Gasteiger partial charge in [-0.15, -0.1) is 0 Å². The van der Waals surface area contributed by atoms with E-state index in [1.54, 1.807) is 19.3 Å². The number of hydrogen-bond acceptors (Lipinski definition) is 4. The molecule has 1 amide bonds. The van der Waals surface area contributed by atoms with Gasteiger partial charge in [0.15, 0.2) is 0 Å². The van der Waals surface area contributed by atoms with Crippen molar-refractivity contribution in [3.8, 4) is 11.5 Å². The molecule has 3 aromatic rings. The average Bonchev–Trinajstić information content (AvgIpc) is 2.91. The number of nitrogens with zero attached hydrogens (tertiary/aromatic N) is 2. The Hall–Kier alpha value is -2.47. The first-order valence-electron chi connectivity index (χ1n) is 7.04. The lowest BCUT2D eigenvalue weighted by molar-refractivity contribution is -0.115. The van der Waals surface area contributed by atoms with Gasteiger partial charge in [-0.05, 0) is 43.3 Å². The SMILES string of the molecule is Cc1oc(-c2cccnc2)nc1CC(=O)Nc1ccc(Br)cc1. The maximum Gasteiger partial charge on any atom is 0.230 e. The molecule has 0 saturated heterocycles. The van der Waals surface area contributed by atoms with Crippen LogP contribution in [0.3, 0.4) is 0 Å². The first kappa shape index (κ1) is 15.4. The van der Waals surface area contributed by atoms with Crippen molar-refractivity contribution in [1.82, 2.24) is 9.97 Å². The number of carbonyl (C=O) groups is 1. The number of benzene rings is 1. The Balaban J connectivity index is 1.71. The van der Waals surface area contributed by atoms with E-state index in [1.165, 1.54) is 0 Å². The van der Waals surface area contributed by atoms with Crippen LogP contribution < -0.4 is 5.32 Å². The number of pyridine rings is 1. The monoisotopic (exact) mass is 371 g/mol. The van der Waals surface area contributed by atoms with Crippen LogP contribution >= 0.6 is 15.9 Å². The molecule has 0 aliphatic carbocycles. The molecule has 0 radical (unpaired) electrons. The molecule has 0 atom stereocenters. The van der Waals surface area contributed by atoms with Crippen LogP contribution in [-0.2, 0) is 11.2 Å². The van der Waals surface area contributed by atoms with Crippen molar-refractivity contribution < 1.29 is 9.21 Å². The summed E-state index contributed by atoms with van der Waals surface area (Å²) >= 11 is 3.36. The van der Waals surface area contributed by atoms with Crippen LogP contribution in [0.15, 0.2) is 57.7 Å². The lowest BCUT2D eigenvalue weighted by Gasteiger charge is -2.04. The molecule has 2 heterocycles. The quantitative estimate of drug-likeness (QED) is 0.752. The Morgan fingerprint density at radius 1 is 1.26 bits per heavy atom. The predicted octanol–water partition coefficient (Wildman–Crippen LogP) is 3.99. The first-order chi connectivity index (χ1) is 11.1. The molecular formula is C17H14BrN3O2. The van der Waals surface area contributed by atoms with E-state index < -0.39 is 0 Å². The van der Waals surface area contributed by atoms with Gasteiger partial charge < -0.3 is 9.73 Å². The third kappa shape index (κ3) is 3.84. The van der Waals surface area contributed by atoms with Crippen molar-refractivity contribution in [1.29, 1.82) is 0 Å². The van der Waals surface area contributed by atoms with E-state index in [0.29, 0.717) is 17.3 Å². The molecule has 0 saturated carbocycles. The molecule has 5 nitrogen and oxygen atoms in total. The van der Waals surface area contributed by atoms with Gasteiger partial charge in [-0.1, -0.05) is 15.9 Å². The van der Waals surface area contributed by atoms with Crippen LogP contribution in [0.5, 0.6) is 0 Å². The number of rotatable bonds is 4. The van der Waals surface area contributed by atoms with E-state index >= 15 is 0 Å². The number of amides is 1. The number of aryl methyl sites for hydroxylation is 1.